The molecule has 0 aromatic carbocycles. The molecule has 1 atom stereocenters. The maximum Gasteiger partial charge on any atom is 0.264 e. The second kappa shape index (κ2) is 7.09. The van der Waals surface area contributed by atoms with Gasteiger partial charge < -0.3 is 4.90 Å². The molecule has 2 rings (SSSR count). The van der Waals surface area contributed by atoms with Crippen LogP contribution in [0.4, 0.5) is 0 Å². The van der Waals surface area contributed by atoms with Crippen molar-refractivity contribution in [3.63, 3.8) is 0 Å². The standard InChI is InChI=1S/C13H19ClN2O3S2/c1-11(9-14)10-21(18,19)16-6-4-15(5-7-16)13(17)12-3-2-8-20-12/h2-3,8,11H,4-7,9-10H2,1H3. The summed E-state index contributed by atoms with van der Waals surface area (Å²) < 4.78 is 25.9. The number of sulfonamides is 1. The first kappa shape index (κ1) is 16.7. The van der Waals surface area contributed by atoms with Gasteiger partial charge in [0.1, 0.15) is 0 Å². The summed E-state index contributed by atoms with van der Waals surface area (Å²) in [7, 11) is -3.28. The molecule has 1 saturated heterocycles. The molecule has 1 aromatic rings. The molecule has 1 aliphatic rings. The molecular weight excluding hydrogens is 332 g/mol. The smallest absolute Gasteiger partial charge is 0.264 e. The van der Waals surface area contributed by atoms with E-state index in [0.29, 0.717) is 36.9 Å². The lowest BCUT2D eigenvalue weighted by Crippen LogP contribution is -2.51. The highest BCUT2D eigenvalue weighted by Crippen LogP contribution is 2.16. The fourth-order valence-electron chi connectivity index (χ4n) is 2.23. The van der Waals surface area contributed by atoms with Crippen molar-refractivity contribution in [1.82, 2.24) is 9.21 Å². The van der Waals surface area contributed by atoms with Crippen LogP contribution < -0.4 is 0 Å². The van der Waals surface area contributed by atoms with Gasteiger partial charge in [0.15, 0.2) is 0 Å². The third-order valence-corrected chi connectivity index (χ3v) is 6.94. The van der Waals surface area contributed by atoms with Crippen LogP contribution in [0.15, 0.2) is 17.5 Å². The van der Waals surface area contributed by atoms with E-state index in [4.69, 9.17) is 11.6 Å². The zero-order chi connectivity index (χ0) is 15.5. The zero-order valence-electron chi connectivity index (χ0n) is 11.9. The van der Waals surface area contributed by atoms with Crippen LogP contribution in [-0.2, 0) is 10.0 Å². The highest BCUT2D eigenvalue weighted by Gasteiger charge is 2.30. The van der Waals surface area contributed by atoms with E-state index >= 15 is 0 Å². The highest BCUT2D eigenvalue weighted by atomic mass is 35.5. The normalized spacial score (nSPS) is 18.7. The summed E-state index contributed by atoms with van der Waals surface area (Å²) >= 11 is 7.09. The Bertz CT molecular complexity index is 566. The number of hydrogen-bond donors (Lipinski definition) is 0. The summed E-state index contributed by atoms with van der Waals surface area (Å²) in [6.07, 6.45) is 0. The van der Waals surface area contributed by atoms with Crippen LogP contribution in [0.1, 0.15) is 16.6 Å². The number of alkyl halides is 1. The largest absolute Gasteiger partial charge is 0.335 e. The lowest BCUT2D eigenvalue weighted by molar-refractivity contribution is 0.0702. The van der Waals surface area contributed by atoms with Gasteiger partial charge in [0.05, 0.1) is 10.6 Å². The van der Waals surface area contributed by atoms with E-state index in [1.54, 1.807) is 11.0 Å². The van der Waals surface area contributed by atoms with Gasteiger partial charge in [-0.1, -0.05) is 13.0 Å². The molecule has 1 aromatic heterocycles. The molecule has 5 nitrogen and oxygen atoms in total. The van der Waals surface area contributed by atoms with Gasteiger partial charge >= 0.3 is 0 Å². The van der Waals surface area contributed by atoms with Gasteiger partial charge in [-0.15, -0.1) is 22.9 Å². The van der Waals surface area contributed by atoms with Gasteiger partial charge in [0, 0.05) is 32.1 Å². The first-order valence-electron chi connectivity index (χ1n) is 6.80. The Morgan fingerprint density at radius 3 is 2.57 bits per heavy atom. The Morgan fingerprint density at radius 1 is 1.38 bits per heavy atom. The summed E-state index contributed by atoms with van der Waals surface area (Å²) in [4.78, 5) is 14.6. The summed E-state index contributed by atoms with van der Waals surface area (Å²) in [5.74, 6) is 0.310. The second-order valence-electron chi connectivity index (χ2n) is 5.21. The summed E-state index contributed by atoms with van der Waals surface area (Å²) in [5.41, 5.74) is 0. The van der Waals surface area contributed by atoms with E-state index in [0.717, 1.165) is 0 Å². The number of amides is 1. The average Bonchev–Trinajstić information content (AvgIpc) is 3.00. The molecule has 0 aliphatic carbocycles. The number of halogens is 1. The van der Waals surface area contributed by atoms with E-state index < -0.39 is 10.0 Å². The lowest BCUT2D eigenvalue weighted by atomic mass is 10.3. The van der Waals surface area contributed by atoms with Gasteiger partial charge in [0.25, 0.3) is 5.91 Å². The predicted molar refractivity (Wildman–Crippen MR) is 85.5 cm³/mol. The van der Waals surface area contributed by atoms with Crippen molar-refractivity contribution >= 4 is 38.9 Å². The molecule has 1 unspecified atom stereocenters. The number of hydrogen-bond acceptors (Lipinski definition) is 4. The quantitative estimate of drug-likeness (QED) is 0.760. The van der Waals surface area contributed by atoms with E-state index in [2.05, 4.69) is 0 Å². The van der Waals surface area contributed by atoms with Crippen molar-refractivity contribution in [2.75, 3.05) is 37.8 Å². The van der Waals surface area contributed by atoms with Crippen LogP contribution in [0.3, 0.4) is 0 Å². The molecule has 0 bridgehead atoms. The summed E-state index contributed by atoms with van der Waals surface area (Å²) in [5, 5.41) is 1.86. The summed E-state index contributed by atoms with van der Waals surface area (Å²) in [6, 6.07) is 3.63. The zero-order valence-corrected chi connectivity index (χ0v) is 14.3. The van der Waals surface area contributed by atoms with E-state index in [1.807, 2.05) is 18.4 Å². The molecule has 2 heterocycles. The van der Waals surface area contributed by atoms with Crippen molar-refractivity contribution in [1.29, 1.82) is 0 Å². The van der Waals surface area contributed by atoms with Gasteiger partial charge in [-0.3, -0.25) is 4.79 Å². The first-order valence-corrected chi connectivity index (χ1v) is 9.83. The Labute approximate surface area is 134 Å². The predicted octanol–water partition coefficient (Wildman–Crippen LogP) is 1.71. The third-order valence-electron chi connectivity index (χ3n) is 3.41. The fourth-order valence-corrected chi connectivity index (χ4v) is 4.93. The van der Waals surface area contributed by atoms with Crippen molar-refractivity contribution in [2.24, 2.45) is 5.92 Å². The van der Waals surface area contributed by atoms with Gasteiger partial charge in [-0.25, -0.2) is 8.42 Å². The topological polar surface area (TPSA) is 57.7 Å². The Balaban J connectivity index is 1.93. The van der Waals surface area contributed by atoms with Crippen LogP contribution in [-0.4, -0.2) is 61.3 Å². The molecule has 1 amide bonds. The number of thiophene rings is 1. The molecule has 1 fully saturated rings. The number of piperazine rings is 1. The molecule has 0 spiro atoms. The third kappa shape index (κ3) is 4.18. The molecular formula is C13H19ClN2O3S2. The minimum atomic E-state index is -3.28. The minimum absolute atomic E-state index is 0.0174. The van der Waals surface area contributed by atoms with Crippen LogP contribution >= 0.6 is 22.9 Å². The molecule has 0 saturated carbocycles. The van der Waals surface area contributed by atoms with Crippen LogP contribution in [0, 0.1) is 5.92 Å². The van der Waals surface area contributed by atoms with E-state index in [9.17, 15) is 13.2 Å². The number of rotatable bonds is 5. The van der Waals surface area contributed by atoms with Gasteiger partial charge in [-0.2, -0.15) is 4.31 Å². The number of carbonyl (C=O) groups excluding carboxylic acids is 1. The van der Waals surface area contributed by atoms with Gasteiger partial charge in [0.2, 0.25) is 10.0 Å². The van der Waals surface area contributed by atoms with Gasteiger partial charge in [-0.05, 0) is 17.4 Å². The Kier molecular flexibility index (Phi) is 5.65. The molecule has 8 heteroatoms. The molecule has 0 radical (unpaired) electrons. The fraction of sp³-hybridized carbons (Fsp3) is 0.615. The maximum absolute atomic E-state index is 12.2. The number of carbonyl (C=O) groups is 1. The highest BCUT2D eigenvalue weighted by molar-refractivity contribution is 7.89. The molecule has 21 heavy (non-hydrogen) atoms. The number of nitrogens with zero attached hydrogens (tertiary/aromatic N) is 2. The Morgan fingerprint density at radius 2 is 2.05 bits per heavy atom. The van der Waals surface area contributed by atoms with Crippen LogP contribution in [0.2, 0.25) is 0 Å². The van der Waals surface area contributed by atoms with Crippen molar-refractivity contribution in [2.45, 2.75) is 6.92 Å². The molecule has 1 aliphatic heterocycles. The lowest BCUT2D eigenvalue weighted by Gasteiger charge is -2.34. The van der Waals surface area contributed by atoms with Crippen LogP contribution in [0.25, 0.3) is 0 Å². The molecule has 118 valence electrons. The second-order valence-corrected chi connectivity index (χ2v) is 8.48. The van der Waals surface area contributed by atoms with Crippen molar-refractivity contribution in [3.05, 3.63) is 22.4 Å². The first-order chi connectivity index (χ1) is 9.94. The maximum atomic E-state index is 12.2. The van der Waals surface area contributed by atoms with E-state index in [-0.39, 0.29) is 17.6 Å². The van der Waals surface area contributed by atoms with Crippen molar-refractivity contribution < 1.29 is 13.2 Å². The molecule has 0 N–H and O–H groups in total. The van der Waals surface area contributed by atoms with Crippen LogP contribution in [0.5, 0.6) is 0 Å². The Hall–Kier alpha value is -0.630. The monoisotopic (exact) mass is 350 g/mol. The summed E-state index contributed by atoms with van der Waals surface area (Å²) in [6.45, 7) is 3.40. The SMILES string of the molecule is CC(CCl)CS(=O)(=O)N1CCN(C(=O)c2cccs2)CC1. The minimum Gasteiger partial charge on any atom is -0.335 e. The van der Waals surface area contributed by atoms with E-state index in [1.165, 1.54) is 15.6 Å². The van der Waals surface area contributed by atoms with Crippen molar-refractivity contribution in [3.8, 4) is 0 Å². The average molecular weight is 351 g/mol.